The second-order valence-corrected chi connectivity index (χ2v) is 9.26. The van der Waals surface area contributed by atoms with Gasteiger partial charge in [0, 0.05) is 36.1 Å². The van der Waals surface area contributed by atoms with Crippen LogP contribution in [0.15, 0.2) is 78.4 Å². The summed E-state index contributed by atoms with van der Waals surface area (Å²) in [5.41, 5.74) is 2.54. The van der Waals surface area contributed by atoms with Gasteiger partial charge < -0.3 is 14.7 Å². The Bertz CT molecular complexity index is 1280. The summed E-state index contributed by atoms with van der Waals surface area (Å²) in [7, 11) is 3.85. The quantitative estimate of drug-likeness (QED) is 0.268. The zero-order valence-corrected chi connectivity index (χ0v) is 20.8. The molecule has 1 amide bonds. The number of amides is 1. The average molecular weight is 491 g/mol. The summed E-state index contributed by atoms with van der Waals surface area (Å²) in [6.07, 6.45) is 0.00419. The Morgan fingerprint density at radius 3 is 2.23 bits per heavy atom. The third-order valence-corrected chi connectivity index (χ3v) is 5.99. The Labute approximate surface area is 210 Å². The van der Waals surface area contributed by atoms with Crippen molar-refractivity contribution in [2.24, 2.45) is 0 Å². The number of nitrogens with zero attached hydrogens (tertiary/aromatic N) is 2. The van der Waals surface area contributed by atoms with Crippen molar-refractivity contribution in [1.29, 1.82) is 0 Å². The highest BCUT2D eigenvalue weighted by Gasteiger charge is 2.47. The molecule has 0 radical (unpaired) electrons. The van der Waals surface area contributed by atoms with Gasteiger partial charge in [0.15, 0.2) is 0 Å². The third kappa shape index (κ3) is 4.88. The van der Waals surface area contributed by atoms with Crippen molar-refractivity contribution in [3.8, 4) is 5.75 Å². The number of ketones is 1. The van der Waals surface area contributed by atoms with E-state index in [0.717, 1.165) is 5.69 Å². The monoisotopic (exact) mass is 490 g/mol. The minimum atomic E-state index is -0.827. The van der Waals surface area contributed by atoms with Gasteiger partial charge in [-0.25, -0.2) is 0 Å². The Morgan fingerprint density at radius 2 is 1.66 bits per heavy atom. The fourth-order valence-electron chi connectivity index (χ4n) is 4.12. The number of hydrogen-bond donors (Lipinski definition) is 1. The van der Waals surface area contributed by atoms with Gasteiger partial charge in [0.2, 0.25) is 0 Å². The molecular weight excluding hydrogens is 464 g/mol. The van der Waals surface area contributed by atoms with Crippen LogP contribution in [0.1, 0.15) is 31.0 Å². The first-order chi connectivity index (χ1) is 16.7. The maximum atomic E-state index is 13.3. The molecule has 1 saturated heterocycles. The second kappa shape index (κ2) is 9.84. The molecule has 7 heteroatoms. The van der Waals surface area contributed by atoms with Crippen LogP contribution in [-0.4, -0.2) is 37.0 Å². The van der Waals surface area contributed by atoms with Gasteiger partial charge in [0.1, 0.15) is 11.5 Å². The number of hydrogen-bond acceptors (Lipinski definition) is 5. The highest BCUT2D eigenvalue weighted by Crippen LogP contribution is 2.43. The summed E-state index contributed by atoms with van der Waals surface area (Å²) in [6, 6.07) is 20.3. The smallest absolute Gasteiger partial charge is 0.300 e. The highest BCUT2D eigenvalue weighted by molar-refractivity contribution is 6.51. The van der Waals surface area contributed by atoms with Gasteiger partial charge in [-0.3, -0.25) is 14.5 Å². The molecule has 1 unspecified atom stereocenters. The third-order valence-electron chi connectivity index (χ3n) is 5.75. The molecule has 35 heavy (non-hydrogen) atoms. The first-order valence-corrected chi connectivity index (χ1v) is 11.7. The Kier molecular flexibility index (Phi) is 6.85. The van der Waals surface area contributed by atoms with E-state index in [1.165, 1.54) is 4.90 Å². The van der Waals surface area contributed by atoms with Crippen molar-refractivity contribution in [2.45, 2.75) is 26.0 Å². The molecule has 0 aromatic heterocycles. The molecule has 180 valence electrons. The molecule has 4 rings (SSSR count). The van der Waals surface area contributed by atoms with Crippen LogP contribution < -0.4 is 14.5 Å². The summed E-state index contributed by atoms with van der Waals surface area (Å²) in [5, 5.41) is 11.6. The van der Waals surface area contributed by atoms with Crippen LogP contribution in [-0.2, 0) is 9.59 Å². The number of aliphatic hydroxyl groups excluding tert-OH is 1. The molecular formula is C28H27ClN2O4. The largest absolute Gasteiger partial charge is 0.507 e. The molecule has 1 fully saturated rings. The molecule has 0 bridgehead atoms. The van der Waals surface area contributed by atoms with Crippen molar-refractivity contribution in [1.82, 2.24) is 0 Å². The molecule has 0 aliphatic carbocycles. The van der Waals surface area contributed by atoms with Crippen LogP contribution in [0.4, 0.5) is 11.4 Å². The van der Waals surface area contributed by atoms with E-state index in [4.69, 9.17) is 16.3 Å². The number of aliphatic hydroxyl groups is 1. The molecule has 1 aliphatic heterocycles. The van der Waals surface area contributed by atoms with Crippen molar-refractivity contribution < 1.29 is 19.4 Å². The topological polar surface area (TPSA) is 70.1 Å². The summed E-state index contributed by atoms with van der Waals surface area (Å²) in [4.78, 5) is 30.0. The van der Waals surface area contributed by atoms with Gasteiger partial charge in [0.25, 0.3) is 11.7 Å². The predicted molar refractivity (Wildman–Crippen MR) is 139 cm³/mol. The predicted octanol–water partition coefficient (Wildman–Crippen LogP) is 5.82. The minimum Gasteiger partial charge on any atom is -0.507 e. The molecule has 6 nitrogen and oxygen atoms in total. The summed E-state index contributed by atoms with van der Waals surface area (Å²) < 4.78 is 5.75. The van der Waals surface area contributed by atoms with Gasteiger partial charge in [-0.1, -0.05) is 35.9 Å². The Balaban J connectivity index is 1.87. The first-order valence-electron chi connectivity index (χ1n) is 11.3. The van der Waals surface area contributed by atoms with Crippen LogP contribution in [0.25, 0.3) is 5.76 Å². The Hall–Kier alpha value is -3.77. The number of benzene rings is 3. The van der Waals surface area contributed by atoms with E-state index in [1.807, 2.05) is 45.0 Å². The number of anilines is 2. The second-order valence-electron chi connectivity index (χ2n) is 8.83. The standard InChI is InChI=1S/C28H27ClN2O4/c1-17(2)35-23-14-8-18(9-15-23)25-24(26(32)19-6-5-7-20(29)16-19)27(33)28(34)31(25)22-12-10-21(11-13-22)30(3)4/h5-17,25,32H,1-4H3/b26-24+. The van der Waals surface area contributed by atoms with Gasteiger partial charge in [-0.15, -0.1) is 0 Å². The normalized spacial score (nSPS) is 17.2. The minimum absolute atomic E-state index is 0.00419. The molecule has 0 spiro atoms. The van der Waals surface area contributed by atoms with E-state index >= 15 is 0 Å². The molecule has 1 heterocycles. The SMILES string of the molecule is CC(C)Oc1ccc(C2/C(=C(\O)c3cccc(Cl)c3)C(=O)C(=O)N2c2ccc(N(C)C)cc2)cc1. The van der Waals surface area contributed by atoms with Crippen LogP contribution in [0.2, 0.25) is 5.02 Å². The number of carbonyl (C=O) groups excluding carboxylic acids is 2. The molecule has 1 N–H and O–H groups in total. The number of Topliss-reactive ketones (excluding diaryl/α,β-unsaturated/α-hetero) is 1. The van der Waals surface area contributed by atoms with Crippen LogP contribution in [0, 0.1) is 0 Å². The van der Waals surface area contributed by atoms with E-state index in [1.54, 1.807) is 60.7 Å². The van der Waals surface area contributed by atoms with Gasteiger partial charge >= 0.3 is 0 Å². The number of halogens is 1. The van der Waals surface area contributed by atoms with E-state index in [0.29, 0.717) is 27.6 Å². The number of carbonyl (C=O) groups is 2. The Morgan fingerprint density at radius 1 is 1.00 bits per heavy atom. The van der Waals surface area contributed by atoms with Crippen molar-refractivity contribution in [2.75, 3.05) is 23.9 Å². The lowest BCUT2D eigenvalue weighted by molar-refractivity contribution is -0.132. The zero-order chi connectivity index (χ0) is 25.3. The maximum Gasteiger partial charge on any atom is 0.300 e. The van der Waals surface area contributed by atoms with Gasteiger partial charge in [0.05, 0.1) is 17.7 Å². The summed E-state index contributed by atoms with van der Waals surface area (Å²) >= 11 is 6.12. The van der Waals surface area contributed by atoms with E-state index in [-0.39, 0.29) is 17.4 Å². The molecule has 1 aliphatic rings. The maximum absolute atomic E-state index is 13.3. The fourth-order valence-corrected chi connectivity index (χ4v) is 4.31. The van der Waals surface area contributed by atoms with Gasteiger partial charge in [-0.05, 0) is 67.9 Å². The fraction of sp³-hybridized carbons (Fsp3) is 0.214. The first kappa shape index (κ1) is 24.4. The van der Waals surface area contributed by atoms with E-state index in [2.05, 4.69) is 0 Å². The van der Waals surface area contributed by atoms with Crippen LogP contribution in [0.3, 0.4) is 0 Å². The molecule has 3 aromatic rings. The summed E-state index contributed by atoms with van der Waals surface area (Å²) in [5.74, 6) is -1.07. The van der Waals surface area contributed by atoms with Crippen LogP contribution in [0.5, 0.6) is 5.75 Å². The molecule has 3 aromatic carbocycles. The highest BCUT2D eigenvalue weighted by atomic mass is 35.5. The lowest BCUT2D eigenvalue weighted by atomic mass is 9.95. The lowest BCUT2D eigenvalue weighted by Gasteiger charge is -2.26. The number of ether oxygens (including phenoxy) is 1. The van der Waals surface area contributed by atoms with Crippen molar-refractivity contribution in [3.63, 3.8) is 0 Å². The number of rotatable bonds is 6. The van der Waals surface area contributed by atoms with Crippen molar-refractivity contribution in [3.05, 3.63) is 94.5 Å². The van der Waals surface area contributed by atoms with Crippen LogP contribution >= 0.6 is 11.6 Å². The summed E-state index contributed by atoms with van der Waals surface area (Å²) in [6.45, 7) is 3.87. The molecule has 0 saturated carbocycles. The van der Waals surface area contributed by atoms with Gasteiger partial charge in [-0.2, -0.15) is 0 Å². The van der Waals surface area contributed by atoms with E-state index < -0.39 is 17.7 Å². The van der Waals surface area contributed by atoms with Crippen molar-refractivity contribution >= 4 is 40.4 Å². The molecule has 1 atom stereocenters. The van der Waals surface area contributed by atoms with E-state index in [9.17, 15) is 14.7 Å². The average Bonchev–Trinajstić information content (AvgIpc) is 3.09. The zero-order valence-electron chi connectivity index (χ0n) is 20.0. The lowest BCUT2D eigenvalue weighted by Crippen LogP contribution is -2.29.